The van der Waals surface area contributed by atoms with Crippen LogP contribution in [0.1, 0.15) is 45.1 Å². The Balaban J connectivity index is 1.80. The van der Waals surface area contributed by atoms with Crippen LogP contribution in [0.4, 0.5) is 13.2 Å². The highest BCUT2D eigenvalue weighted by Gasteiger charge is 2.56. The van der Waals surface area contributed by atoms with Crippen LogP contribution in [0.2, 0.25) is 0 Å². The van der Waals surface area contributed by atoms with Gasteiger partial charge in [-0.15, -0.1) is 13.2 Å². The molecule has 3 rings (SSSR count). The van der Waals surface area contributed by atoms with Crippen LogP contribution in [0.25, 0.3) is 0 Å². The average Bonchev–Trinajstić information content (AvgIpc) is 3.48. The van der Waals surface area contributed by atoms with E-state index in [2.05, 4.69) is 10.1 Å². The van der Waals surface area contributed by atoms with Crippen LogP contribution in [0.3, 0.4) is 0 Å². The number of rotatable bonds is 10. The molecule has 1 aliphatic carbocycles. The normalized spacial score (nSPS) is 21.5. The quantitative estimate of drug-likeness (QED) is 0.499. The molecule has 2 fully saturated rings. The minimum atomic E-state index is -4.80. The molecule has 1 aromatic rings. The number of alkyl halides is 3. The number of halogens is 3. The van der Waals surface area contributed by atoms with Gasteiger partial charge in [0.05, 0.1) is 11.8 Å². The maximum Gasteiger partial charge on any atom is 0.573 e. The molecule has 0 aromatic heterocycles. The molecule has 7 nitrogen and oxygen atoms in total. The molecule has 2 atom stereocenters. The van der Waals surface area contributed by atoms with Crippen LogP contribution in [-0.4, -0.2) is 53.1 Å². The fraction of sp³-hybridized carbons (Fsp3) is 0.542. The Labute approximate surface area is 206 Å². The van der Waals surface area contributed by atoms with Gasteiger partial charge in [-0.2, -0.15) is 11.8 Å². The van der Waals surface area contributed by atoms with Crippen molar-refractivity contribution in [3.8, 4) is 5.75 Å². The van der Waals surface area contributed by atoms with Gasteiger partial charge in [-0.1, -0.05) is 25.1 Å². The molecule has 35 heavy (non-hydrogen) atoms. The third kappa shape index (κ3) is 6.71. The van der Waals surface area contributed by atoms with E-state index in [9.17, 15) is 27.6 Å². The summed E-state index contributed by atoms with van der Waals surface area (Å²) >= 11 is 1.74. The number of amides is 3. The van der Waals surface area contributed by atoms with Crippen molar-refractivity contribution < 1.29 is 32.3 Å². The third-order valence-electron chi connectivity index (χ3n) is 6.31. The number of likely N-dealkylation sites (tertiary alicyclic amines) is 1. The van der Waals surface area contributed by atoms with E-state index in [0.717, 1.165) is 11.5 Å². The number of nitrogens with zero attached hydrogens (tertiary/aromatic N) is 1. The second-order valence-corrected chi connectivity index (χ2v) is 10.2. The molecule has 11 heteroatoms. The lowest BCUT2D eigenvalue weighted by Crippen LogP contribution is -2.49. The second kappa shape index (κ2) is 10.9. The molecule has 3 N–H and O–H groups in total. The number of allylic oxidation sites excluding steroid dienone is 1. The summed E-state index contributed by atoms with van der Waals surface area (Å²) in [4.78, 5) is 39.8. The molecule has 3 amide bonds. The number of hydrogen-bond donors (Lipinski definition) is 2. The molecule has 192 valence electrons. The zero-order chi connectivity index (χ0) is 25.8. The van der Waals surface area contributed by atoms with E-state index >= 15 is 0 Å². The Morgan fingerprint density at radius 3 is 2.43 bits per heavy atom. The number of hydrogen-bond acceptors (Lipinski definition) is 5. The van der Waals surface area contributed by atoms with Crippen molar-refractivity contribution in [1.82, 2.24) is 10.2 Å². The summed E-state index contributed by atoms with van der Waals surface area (Å²) in [5.74, 6) is 0.336. The number of primary amides is 1. The van der Waals surface area contributed by atoms with Gasteiger partial charge in [-0.3, -0.25) is 14.4 Å². The van der Waals surface area contributed by atoms with Crippen LogP contribution in [0.5, 0.6) is 5.75 Å². The van der Waals surface area contributed by atoms with Crippen LogP contribution < -0.4 is 15.8 Å². The summed E-state index contributed by atoms with van der Waals surface area (Å²) in [5, 5.41) is 2.74. The molecule has 2 aliphatic rings. The highest BCUT2D eigenvalue weighted by Crippen LogP contribution is 2.51. The largest absolute Gasteiger partial charge is 0.573 e. The summed E-state index contributed by atoms with van der Waals surface area (Å²) in [6.07, 6.45) is -1.72. The van der Waals surface area contributed by atoms with E-state index in [1.807, 2.05) is 6.92 Å². The van der Waals surface area contributed by atoms with Crippen molar-refractivity contribution in [2.45, 2.75) is 57.3 Å². The van der Waals surface area contributed by atoms with Gasteiger partial charge in [-0.25, -0.2) is 0 Å². The van der Waals surface area contributed by atoms with E-state index in [-0.39, 0.29) is 29.9 Å². The molecule has 1 aliphatic heterocycles. The lowest BCUT2D eigenvalue weighted by molar-refractivity contribution is -0.274. The van der Waals surface area contributed by atoms with Crippen LogP contribution >= 0.6 is 11.8 Å². The zero-order valence-electron chi connectivity index (χ0n) is 19.7. The number of thioether (sulfide) groups is 1. The lowest BCUT2D eigenvalue weighted by Gasteiger charge is -2.29. The zero-order valence-corrected chi connectivity index (χ0v) is 20.5. The SMILES string of the molecule is C/C=C(/CC(N)=O)NC(=O)[C@@H]1C[C@@H](CSCC)CN1C(=O)C1(c2ccc(OC(F)(F)F)cc2)CC1. The van der Waals surface area contributed by atoms with Gasteiger partial charge in [0.25, 0.3) is 0 Å². The predicted octanol–water partition coefficient (Wildman–Crippen LogP) is 3.48. The molecular weight excluding hydrogens is 483 g/mol. The minimum Gasteiger partial charge on any atom is -0.406 e. The van der Waals surface area contributed by atoms with Gasteiger partial charge >= 0.3 is 6.36 Å². The molecule has 1 aromatic carbocycles. The van der Waals surface area contributed by atoms with Crippen molar-refractivity contribution in [3.05, 3.63) is 41.6 Å². The molecule has 1 heterocycles. The number of nitrogens with two attached hydrogens (primary N) is 1. The van der Waals surface area contributed by atoms with Gasteiger partial charge in [0.1, 0.15) is 11.8 Å². The first kappa shape index (κ1) is 26.9. The molecule has 0 bridgehead atoms. The first-order valence-corrected chi connectivity index (χ1v) is 12.6. The van der Waals surface area contributed by atoms with Gasteiger partial charge in [0, 0.05) is 12.2 Å². The Morgan fingerprint density at radius 1 is 1.26 bits per heavy atom. The summed E-state index contributed by atoms with van der Waals surface area (Å²) in [6.45, 7) is 4.14. The first-order chi connectivity index (χ1) is 16.5. The molecular formula is C24H30F3N3O4S. The molecule has 0 unspecified atom stereocenters. The van der Waals surface area contributed by atoms with Crippen molar-refractivity contribution in [1.29, 1.82) is 0 Å². The number of carbonyl (C=O) groups is 3. The summed E-state index contributed by atoms with van der Waals surface area (Å²) in [6, 6.07) is 4.65. The van der Waals surface area contributed by atoms with Crippen LogP contribution in [0, 0.1) is 5.92 Å². The van der Waals surface area contributed by atoms with Crippen molar-refractivity contribution in [2.75, 3.05) is 18.1 Å². The van der Waals surface area contributed by atoms with Crippen LogP contribution in [0.15, 0.2) is 36.0 Å². The number of carbonyl (C=O) groups excluding carboxylic acids is 3. The minimum absolute atomic E-state index is 0.117. The Hall–Kier alpha value is -2.69. The van der Waals surface area contributed by atoms with E-state index in [1.165, 1.54) is 24.3 Å². The lowest BCUT2D eigenvalue weighted by atomic mass is 9.93. The monoisotopic (exact) mass is 513 g/mol. The van der Waals surface area contributed by atoms with Crippen molar-refractivity contribution in [2.24, 2.45) is 11.7 Å². The van der Waals surface area contributed by atoms with Gasteiger partial charge < -0.3 is 20.7 Å². The van der Waals surface area contributed by atoms with Gasteiger partial charge in [0.2, 0.25) is 17.7 Å². The Kier molecular flexibility index (Phi) is 8.40. The molecule has 0 spiro atoms. The van der Waals surface area contributed by atoms with E-state index in [4.69, 9.17) is 5.73 Å². The Bertz CT molecular complexity index is 977. The number of nitrogens with one attached hydrogen (secondary N) is 1. The van der Waals surface area contributed by atoms with E-state index < -0.39 is 23.7 Å². The summed E-state index contributed by atoms with van der Waals surface area (Å²) in [7, 11) is 0. The van der Waals surface area contributed by atoms with Crippen molar-refractivity contribution >= 4 is 29.5 Å². The predicted molar refractivity (Wildman–Crippen MR) is 126 cm³/mol. The maximum atomic E-state index is 13.8. The van der Waals surface area contributed by atoms with Crippen LogP contribution in [-0.2, 0) is 19.8 Å². The number of benzene rings is 1. The standard InChI is InChI=1S/C24H30F3N3O4S/c1-3-17(12-20(28)31)29-21(32)19-11-15(14-35-4-2)13-30(19)22(33)23(9-10-23)16-5-7-18(8-6-16)34-24(25,26)27/h3,5-8,15,19H,4,9-14H2,1-2H3,(H2,28,31)(H,29,32)/b17-3-/t15-,19+/m1/s1. The summed E-state index contributed by atoms with van der Waals surface area (Å²) in [5.41, 5.74) is 5.37. The third-order valence-corrected chi connectivity index (χ3v) is 7.42. The van der Waals surface area contributed by atoms with Crippen molar-refractivity contribution in [3.63, 3.8) is 0 Å². The molecule has 1 saturated carbocycles. The number of ether oxygens (including phenoxy) is 1. The van der Waals surface area contributed by atoms with Gasteiger partial charge in [-0.05, 0) is 61.3 Å². The highest BCUT2D eigenvalue weighted by atomic mass is 32.2. The van der Waals surface area contributed by atoms with E-state index in [1.54, 1.807) is 29.7 Å². The smallest absolute Gasteiger partial charge is 0.406 e. The average molecular weight is 514 g/mol. The molecule has 0 radical (unpaired) electrons. The fourth-order valence-corrected chi connectivity index (χ4v) is 5.26. The van der Waals surface area contributed by atoms with Gasteiger partial charge in [0.15, 0.2) is 0 Å². The summed E-state index contributed by atoms with van der Waals surface area (Å²) < 4.78 is 41.4. The fourth-order valence-electron chi connectivity index (χ4n) is 4.45. The first-order valence-electron chi connectivity index (χ1n) is 11.5. The maximum absolute atomic E-state index is 13.8. The van der Waals surface area contributed by atoms with E-state index in [0.29, 0.717) is 37.1 Å². The molecule has 1 saturated heterocycles. The highest BCUT2D eigenvalue weighted by molar-refractivity contribution is 7.99. The Morgan fingerprint density at radius 2 is 1.91 bits per heavy atom. The second-order valence-electron chi connectivity index (χ2n) is 8.84. The topological polar surface area (TPSA) is 102 Å².